The number of H-pyrrole nitrogens is 1. The molecule has 41 heavy (non-hydrogen) atoms. The number of phenols is 2. The van der Waals surface area contributed by atoms with Crippen LogP contribution in [0.4, 0.5) is 5.82 Å². The minimum Gasteiger partial charge on any atom is -0.507 e. The number of nitriles is 2. The van der Waals surface area contributed by atoms with E-state index in [1.165, 1.54) is 37.6 Å². The summed E-state index contributed by atoms with van der Waals surface area (Å²) in [5.74, 6) is 0.0824. The number of benzene rings is 3. The number of methoxy groups -OCH3 is 1. The van der Waals surface area contributed by atoms with E-state index in [0.29, 0.717) is 16.9 Å². The van der Waals surface area contributed by atoms with E-state index in [-0.39, 0.29) is 45.5 Å². The standard InChI is InChI=1S/C30H21N7O4/c1-17(28-34-22-8-4-5-9-23(22)35-28)36-37-29(33-16-18-11-12-25(39)26(13-18)41-2)20(14-31)27(21(15-32)30(37)40)19-7-3-6-10-24(19)38/h3-13,16,38-39H,1-2H3,(H,34,35)/b33-16+,36-17+. The zero-order valence-corrected chi connectivity index (χ0v) is 21.8. The highest BCUT2D eigenvalue weighted by Gasteiger charge is 2.25. The molecule has 0 unspecified atom stereocenters. The summed E-state index contributed by atoms with van der Waals surface area (Å²) in [6.07, 6.45) is 1.36. The van der Waals surface area contributed by atoms with Gasteiger partial charge in [0.25, 0.3) is 5.56 Å². The van der Waals surface area contributed by atoms with Crippen molar-refractivity contribution in [2.24, 2.45) is 10.1 Å². The molecule has 0 saturated heterocycles. The number of aromatic hydroxyl groups is 2. The molecule has 0 aliphatic rings. The number of fused-ring (bicyclic) bond motifs is 1. The van der Waals surface area contributed by atoms with E-state index >= 15 is 0 Å². The SMILES string of the molecule is COc1cc(/C=N/c2c(C#N)c(-c3ccccc3O)c(C#N)c(=O)n2/N=C(\C)c2nc3ccccc3[nH]2)ccc1O. The number of hydrogen-bond acceptors (Lipinski definition) is 9. The number of ether oxygens (including phenoxy) is 1. The highest BCUT2D eigenvalue weighted by molar-refractivity contribution is 5.98. The molecule has 0 atom stereocenters. The van der Waals surface area contributed by atoms with E-state index in [1.54, 1.807) is 25.1 Å². The molecule has 0 radical (unpaired) electrons. The second-order valence-corrected chi connectivity index (χ2v) is 8.78. The number of imidazole rings is 1. The summed E-state index contributed by atoms with van der Waals surface area (Å²) >= 11 is 0. The molecule has 0 bridgehead atoms. The molecule has 0 spiro atoms. The quantitative estimate of drug-likeness (QED) is 0.263. The van der Waals surface area contributed by atoms with Crippen molar-refractivity contribution in [2.45, 2.75) is 6.92 Å². The normalized spacial score (nSPS) is 11.5. The molecule has 0 amide bonds. The van der Waals surface area contributed by atoms with Crippen LogP contribution in [0.1, 0.15) is 29.4 Å². The summed E-state index contributed by atoms with van der Waals surface area (Å²) in [6, 6.07) is 21.8. The Morgan fingerprint density at radius 2 is 1.76 bits per heavy atom. The van der Waals surface area contributed by atoms with Crippen molar-refractivity contribution >= 4 is 28.8 Å². The maximum Gasteiger partial charge on any atom is 0.291 e. The Balaban J connectivity index is 1.80. The lowest BCUT2D eigenvalue weighted by Gasteiger charge is -2.14. The smallest absolute Gasteiger partial charge is 0.291 e. The monoisotopic (exact) mass is 543 g/mol. The Morgan fingerprint density at radius 1 is 1.02 bits per heavy atom. The van der Waals surface area contributed by atoms with E-state index in [9.17, 15) is 25.5 Å². The van der Waals surface area contributed by atoms with Gasteiger partial charge in [-0.3, -0.25) is 4.79 Å². The van der Waals surface area contributed by atoms with E-state index in [2.05, 4.69) is 20.1 Å². The molecule has 11 nitrogen and oxygen atoms in total. The fraction of sp³-hybridized carbons (Fsp3) is 0.0667. The van der Waals surface area contributed by atoms with Crippen LogP contribution < -0.4 is 10.3 Å². The lowest BCUT2D eigenvalue weighted by atomic mass is 9.96. The van der Waals surface area contributed by atoms with Crippen LogP contribution in [0.3, 0.4) is 0 Å². The Bertz CT molecular complexity index is 1990. The van der Waals surface area contributed by atoms with Crippen LogP contribution in [0.15, 0.2) is 81.6 Å². The Kier molecular flexibility index (Phi) is 7.01. The molecular formula is C30H21N7O4. The predicted molar refractivity (Wildman–Crippen MR) is 153 cm³/mol. The first kappa shape index (κ1) is 26.4. The van der Waals surface area contributed by atoms with Gasteiger partial charge in [0.15, 0.2) is 23.1 Å². The Labute approximate surface area is 233 Å². The maximum atomic E-state index is 13.8. The fourth-order valence-electron chi connectivity index (χ4n) is 4.26. The summed E-state index contributed by atoms with van der Waals surface area (Å²) in [5, 5.41) is 45.3. The number of aliphatic imine (C=N–C) groups is 1. The van der Waals surface area contributed by atoms with E-state index < -0.39 is 11.1 Å². The summed E-state index contributed by atoms with van der Waals surface area (Å²) in [4.78, 5) is 25.9. The van der Waals surface area contributed by atoms with Gasteiger partial charge in [0, 0.05) is 17.3 Å². The number of phenolic OH excluding ortho intramolecular Hbond substituents is 2. The summed E-state index contributed by atoms with van der Waals surface area (Å²) in [5.41, 5.74) is 0.856. The third-order valence-corrected chi connectivity index (χ3v) is 6.25. The summed E-state index contributed by atoms with van der Waals surface area (Å²) < 4.78 is 6.03. The number of hydrogen-bond donors (Lipinski definition) is 3. The molecule has 200 valence electrons. The van der Waals surface area contributed by atoms with Crippen LogP contribution >= 0.6 is 0 Å². The van der Waals surface area contributed by atoms with Gasteiger partial charge in [-0.2, -0.15) is 20.3 Å². The zero-order valence-electron chi connectivity index (χ0n) is 21.8. The van der Waals surface area contributed by atoms with Gasteiger partial charge >= 0.3 is 0 Å². The number of aromatic amines is 1. The van der Waals surface area contributed by atoms with Crippen LogP contribution in [-0.2, 0) is 0 Å². The van der Waals surface area contributed by atoms with Gasteiger partial charge in [-0.05, 0) is 48.9 Å². The molecule has 2 aromatic heterocycles. The number of pyridine rings is 1. The summed E-state index contributed by atoms with van der Waals surface area (Å²) in [7, 11) is 1.40. The van der Waals surface area contributed by atoms with E-state index in [1.807, 2.05) is 36.4 Å². The number of aromatic nitrogens is 3. The molecule has 0 aliphatic heterocycles. The van der Waals surface area contributed by atoms with Crippen molar-refractivity contribution < 1.29 is 14.9 Å². The van der Waals surface area contributed by atoms with Gasteiger partial charge in [-0.25, -0.2) is 9.98 Å². The Morgan fingerprint density at radius 3 is 2.46 bits per heavy atom. The van der Waals surface area contributed by atoms with Crippen molar-refractivity contribution in [1.29, 1.82) is 10.5 Å². The minimum atomic E-state index is -0.851. The molecule has 3 aromatic carbocycles. The fourth-order valence-corrected chi connectivity index (χ4v) is 4.26. The van der Waals surface area contributed by atoms with Gasteiger partial charge in [-0.15, -0.1) is 0 Å². The van der Waals surface area contributed by atoms with Crippen molar-refractivity contribution in [1.82, 2.24) is 14.6 Å². The van der Waals surface area contributed by atoms with Crippen molar-refractivity contribution in [3.05, 3.63) is 99.6 Å². The second-order valence-electron chi connectivity index (χ2n) is 8.78. The first-order valence-electron chi connectivity index (χ1n) is 12.2. The van der Waals surface area contributed by atoms with E-state index in [4.69, 9.17) is 4.74 Å². The number of nitrogens with zero attached hydrogens (tertiary/aromatic N) is 6. The topological polar surface area (TPSA) is 173 Å². The second kappa shape index (κ2) is 10.9. The molecule has 5 aromatic rings. The molecular weight excluding hydrogens is 522 g/mol. The van der Waals surface area contributed by atoms with E-state index in [0.717, 1.165) is 10.2 Å². The minimum absolute atomic E-state index is 0.0682. The molecule has 5 rings (SSSR count). The third kappa shape index (κ3) is 4.87. The average Bonchev–Trinajstić information content (AvgIpc) is 3.43. The number of para-hydroxylation sites is 3. The molecule has 0 aliphatic carbocycles. The van der Waals surface area contributed by atoms with Gasteiger partial charge < -0.3 is 19.9 Å². The zero-order chi connectivity index (χ0) is 29.1. The largest absolute Gasteiger partial charge is 0.507 e. The first-order valence-corrected chi connectivity index (χ1v) is 12.2. The van der Waals surface area contributed by atoms with Gasteiger partial charge in [-0.1, -0.05) is 30.3 Å². The average molecular weight is 544 g/mol. The van der Waals surface area contributed by atoms with Gasteiger partial charge in [0.05, 0.1) is 18.1 Å². The van der Waals surface area contributed by atoms with Crippen molar-refractivity contribution in [2.75, 3.05) is 7.11 Å². The van der Waals surface area contributed by atoms with Crippen LogP contribution in [-0.4, -0.2) is 43.9 Å². The maximum absolute atomic E-state index is 13.8. The van der Waals surface area contributed by atoms with Crippen molar-refractivity contribution in [3.63, 3.8) is 0 Å². The van der Waals surface area contributed by atoms with Gasteiger partial charge in [0.2, 0.25) is 0 Å². The molecule has 11 heteroatoms. The molecule has 0 fully saturated rings. The van der Waals surface area contributed by atoms with Crippen LogP contribution in [0.25, 0.3) is 22.2 Å². The predicted octanol–water partition coefficient (Wildman–Crippen LogP) is 4.58. The van der Waals surface area contributed by atoms with Crippen molar-refractivity contribution in [3.8, 4) is 40.5 Å². The lowest BCUT2D eigenvalue weighted by Crippen LogP contribution is -2.23. The molecule has 0 saturated carbocycles. The first-order chi connectivity index (χ1) is 19.9. The van der Waals surface area contributed by atoms with Crippen LogP contribution in [0, 0.1) is 22.7 Å². The van der Waals surface area contributed by atoms with Crippen LogP contribution in [0.5, 0.6) is 17.2 Å². The Hall–Kier alpha value is -6.20. The van der Waals surface area contributed by atoms with Gasteiger partial charge in [0.1, 0.15) is 34.7 Å². The number of rotatable bonds is 6. The molecule has 3 N–H and O–H groups in total. The highest BCUT2D eigenvalue weighted by Crippen LogP contribution is 2.37. The molecule has 2 heterocycles. The van der Waals surface area contributed by atoms with Crippen LogP contribution in [0.2, 0.25) is 0 Å². The number of nitrogens with one attached hydrogen (secondary N) is 1. The summed E-state index contributed by atoms with van der Waals surface area (Å²) in [6.45, 7) is 1.62. The third-order valence-electron chi connectivity index (χ3n) is 6.25. The lowest BCUT2D eigenvalue weighted by molar-refractivity contribution is 0.373. The highest BCUT2D eigenvalue weighted by atomic mass is 16.5.